The van der Waals surface area contributed by atoms with Gasteiger partial charge >= 0.3 is 11.1 Å². The molecule has 30 heavy (non-hydrogen) atoms. The maximum atomic E-state index is 11.6. The van der Waals surface area contributed by atoms with Crippen LogP contribution in [0.25, 0.3) is 22.2 Å². The first-order chi connectivity index (χ1) is 14.4. The van der Waals surface area contributed by atoms with Gasteiger partial charge in [-0.15, -0.1) is 0 Å². The number of hydrogen-bond acceptors (Lipinski definition) is 5. The molecule has 1 aromatic heterocycles. The lowest BCUT2D eigenvalue weighted by molar-refractivity contribution is 1.13. The number of aromatic nitrogens is 2. The number of H-pyrrole nitrogens is 2. The fourth-order valence-corrected chi connectivity index (χ4v) is 4.37. The first-order valence-corrected chi connectivity index (χ1v) is 10.6. The number of anilines is 1. The van der Waals surface area contributed by atoms with E-state index in [1.165, 1.54) is 11.9 Å². The number of nitrogens with one attached hydrogen (secondary N) is 3. The van der Waals surface area contributed by atoms with E-state index in [4.69, 9.17) is 5.26 Å². The van der Waals surface area contributed by atoms with Crippen molar-refractivity contribution in [3.8, 4) is 17.2 Å². The average molecular weight is 479 g/mol. The molecule has 0 aliphatic carbocycles. The quantitative estimate of drug-likeness (QED) is 0.284. The number of rotatable bonds is 4. The Labute approximate surface area is 184 Å². The molecule has 0 saturated heterocycles. The van der Waals surface area contributed by atoms with Gasteiger partial charge in [-0.3, -0.25) is 9.59 Å². The zero-order valence-corrected chi connectivity index (χ0v) is 18.1. The molecule has 0 spiro atoms. The summed E-state index contributed by atoms with van der Waals surface area (Å²) in [5, 5.41) is 8.94. The van der Waals surface area contributed by atoms with Gasteiger partial charge in [-0.2, -0.15) is 5.26 Å². The lowest BCUT2D eigenvalue weighted by Crippen LogP contribution is -2.28. The minimum Gasteiger partial charge on any atom is -0.326 e. The van der Waals surface area contributed by atoms with Crippen LogP contribution in [0.15, 0.2) is 73.6 Å². The molecule has 0 saturated carbocycles. The lowest BCUT2D eigenvalue weighted by Gasteiger charge is -2.11. The molecule has 0 atom stereocenters. The van der Waals surface area contributed by atoms with Crippen LogP contribution in [-0.4, -0.2) is 9.97 Å². The number of halogens is 1. The van der Waals surface area contributed by atoms with E-state index in [-0.39, 0.29) is 0 Å². The molecule has 4 aromatic rings. The number of nitriles is 1. The average Bonchev–Trinajstić information content (AvgIpc) is 2.74. The Morgan fingerprint density at radius 2 is 1.63 bits per heavy atom. The van der Waals surface area contributed by atoms with E-state index in [1.54, 1.807) is 12.1 Å². The molecule has 3 N–H and O–H groups in total. The summed E-state index contributed by atoms with van der Waals surface area (Å²) < 4.78 is 4.24. The number of hydrogen-bond donors (Lipinski definition) is 3. The van der Waals surface area contributed by atoms with Gasteiger partial charge in [0.15, 0.2) is 0 Å². The van der Waals surface area contributed by atoms with Crippen molar-refractivity contribution in [2.45, 2.75) is 11.8 Å². The molecule has 0 radical (unpaired) electrons. The Balaban J connectivity index is 1.56. The maximum Gasteiger partial charge on any atom is 0.314 e. The Morgan fingerprint density at radius 1 is 0.967 bits per heavy atom. The van der Waals surface area contributed by atoms with Crippen molar-refractivity contribution in [2.24, 2.45) is 0 Å². The van der Waals surface area contributed by atoms with E-state index >= 15 is 0 Å². The van der Waals surface area contributed by atoms with Crippen molar-refractivity contribution in [3.05, 3.63) is 90.9 Å². The van der Waals surface area contributed by atoms with Crippen LogP contribution in [0, 0.1) is 18.3 Å². The van der Waals surface area contributed by atoms with E-state index in [0.29, 0.717) is 16.6 Å². The molecular weight excluding hydrogens is 464 g/mol. The topological polar surface area (TPSA) is 102 Å². The molecule has 4 rings (SSSR count). The predicted octanol–water partition coefficient (Wildman–Crippen LogP) is 4.95. The fraction of sp³-hybridized carbons (Fsp3) is 0.0455. The zero-order chi connectivity index (χ0) is 21.3. The van der Waals surface area contributed by atoms with Crippen LogP contribution in [0.2, 0.25) is 0 Å². The molecule has 0 fully saturated rings. The van der Waals surface area contributed by atoms with Crippen LogP contribution in [0.5, 0.6) is 0 Å². The van der Waals surface area contributed by atoms with Crippen molar-refractivity contribution in [2.75, 3.05) is 4.72 Å². The molecule has 0 aliphatic rings. The number of aryl methyl sites for hydroxylation is 1. The normalized spacial score (nSPS) is 10.7. The minimum absolute atomic E-state index is 0.576. The minimum atomic E-state index is -0.669. The largest absolute Gasteiger partial charge is 0.326 e. The molecule has 0 amide bonds. The summed E-state index contributed by atoms with van der Waals surface area (Å²) in [4.78, 5) is 29.2. The van der Waals surface area contributed by atoms with E-state index in [2.05, 4.69) is 36.7 Å². The van der Waals surface area contributed by atoms with Gasteiger partial charge in [0.2, 0.25) is 0 Å². The van der Waals surface area contributed by atoms with Gasteiger partial charge in [0.05, 0.1) is 22.7 Å². The van der Waals surface area contributed by atoms with Gasteiger partial charge in [-0.1, -0.05) is 34.1 Å². The molecule has 0 bridgehead atoms. The van der Waals surface area contributed by atoms with Crippen molar-refractivity contribution in [3.63, 3.8) is 0 Å². The summed E-state index contributed by atoms with van der Waals surface area (Å²) in [6.07, 6.45) is 0. The van der Waals surface area contributed by atoms with Crippen LogP contribution in [0.3, 0.4) is 0 Å². The van der Waals surface area contributed by atoms with Gasteiger partial charge in [-0.05, 0) is 72.0 Å². The molecule has 148 valence electrons. The summed E-state index contributed by atoms with van der Waals surface area (Å²) in [6, 6.07) is 19.2. The second-order valence-electron chi connectivity index (χ2n) is 6.66. The first kappa shape index (κ1) is 20.0. The monoisotopic (exact) mass is 478 g/mol. The second kappa shape index (κ2) is 8.22. The highest BCUT2D eigenvalue weighted by Crippen LogP contribution is 2.33. The zero-order valence-electron chi connectivity index (χ0n) is 15.7. The number of nitrogens with zero attached hydrogens (tertiary/aromatic N) is 1. The Bertz CT molecular complexity index is 1420. The van der Waals surface area contributed by atoms with Gasteiger partial charge in [0, 0.05) is 15.1 Å². The molecule has 3 aromatic carbocycles. The predicted molar refractivity (Wildman–Crippen MR) is 124 cm³/mol. The van der Waals surface area contributed by atoms with E-state index < -0.39 is 11.1 Å². The Morgan fingerprint density at radius 3 is 2.27 bits per heavy atom. The van der Waals surface area contributed by atoms with Crippen LogP contribution >= 0.6 is 27.9 Å². The summed E-state index contributed by atoms with van der Waals surface area (Å²) in [5.41, 5.74) is 4.38. The SMILES string of the molecule is Cc1cc2[nH]c(=O)c(=O)[nH]c2cc1SNc1ccc(-c2ccc(C#N)cc2)c(Br)c1. The molecule has 0 aliphatic heterocycles. The third-order valence-corrected chi connectivity index (χ3v) is 6.24. The van der Waals surface area contributed by atoms with Crippen LogP contribution in [-0.2, 0) is 0 Å². The Hall–Kier alpha value is -3.28. The third-order valence-electron chi connectivity index (χ3n) is 4.59. The number of aromatic amines is 2. The Kier molecular flexibility index (Phi) is 5.48. The summed E-state index contributed by atoms with van der Waals surface area (Å²) in [5.74, 6) is 0. The van der Waals surface area contributed by atoms with Crippen molar-refractivity contribution in [1.82, 2.24) is 9.97 Å². The lowest BCUT2D eigenvalue weighted by atomic mass is 10.0. The highest BCUT2D eigenvalue weighted by molar-refractivity contribution is 9.10. The summed E-state index contributed by atoms with van der Waals surface area (Å²) in [7, 11) is 0. The van der Waals surface area contributed by atoms with Gasteiger partial charge < -0.3 is 14.7 Å². The van der Waals surface area contributed by atoms with Crippen molar-refractivity contribution < 1.29 is 0 Å². The van der Waals surface area contributed by atoms with E-state index in [9.17, 15) is 9.59 Å². The molecule has 0 unspecified atom stereocenters. The van der Waals surface area contributed by atoms with Crippen molar-refractivity contribution >= 4 is 44.6 Å². The standard InChI is InChI=1S/C22H15BrN4O2S/c1-12-8-18-19(26-22(29)21(28)25-18)10-20(12)30-27-15-6-7-16(17(23)9-15)14-4-2-13(11-24)3-5-14/h2-10,27H,1H3,(H,25,28)(H,26,29). The van der Waals surface area contributed by atoms with Crippen LogP contribution in [0.4, 0.5) is 5.69 Å². The first-order valence-electron chi connectivity index (χ1n) is 8.94. The van der Waals surface area contributed by atoms with E-state index in [1.807, 2.05) is 49.4 Å². The highest BCUT2D eigenvalue weighted by Gasteiger charge is 2.08. The fourth-order valence-electron chi connectivity index (χ4n) is 3.01. The molecule has 6 nitrogen and oxygen atoms in total. The van der Waals surface area contributed by atoms with E-state index in [0.717, 1.165) is 31.7 Å². The molecule has 1 heterocycles. The summed E-state index contributed by atoms with van der Waals surface area (Å²) >= 11 is 5.04. The molecule has 8 heteroatoms. The summed E-state index contributed by atoms with van der Waals surface area (Å²) in [6.45, 7) is 1.94. The number of fused-ring (bicyclic) bond motifs is 1. The van der Waals surface area contributed by atoms with Gasteiger partial charge in [0.25, 0.3) is 0 Å². The second-order valence-corrected chi connectivity index (χ2v) is 8.36. The van der Waals surface area contributed by atoms with Gasteiger partial charge in [0.1, 0.15) is 0 Å². The smallest absolute Gasteiger partial charge is 0.314 e. The molecular formula is C22H15BrN4O2S. The third kappa shape index (κ3) is 4.03. The maximum absolute atomic E-state index is 11.6. The van der Waals surface area contributed by atoms with Crippen molar-refractivity contribution in [1.29, 1.82) is 5.26 Å². The van der Waals surface area contributed by atoms with Gasteiger partial charge in [-0.25, -0.2) is 0 Å². The van der Waals surface area contributed by atoms with Crippen LogP contribution < -0.4 is 15.8 Å². The highest BCUT2D eigenvalue weighted by atomic mass is 79.9. The van der Waals surface area contributed by atoms with Crippen LogP contribution in [0.1, 0.15) is 11.1 Å². The number of benzene rings is 3.